The molecular formula is C13H25F3N2O. The van der Waals surface area contributed by atoms with E-state index in [1.807, 2.05) is 0 Å². The first-order valence-electron chi connectivity index (χ1n) is 7.06. The number of ether oxygens (including phenoxy) is 1. The van der Waals surface area contributed by atoms with Gasteiger partial charge in [0.2, 0.25) is 0 Å². The zero-order chi connectivity index (χ0) is 14.5. The van der Waals surface area contributed by atoms with Gasteiger partial charge in [0.25, 0.3) is 0 Å². The van der Waals surface area contributed by atoms with Gasteiger partial charge in [-0.2, -0.15) is 0 Å². The number of rotatable bonds is 6. The molecule has 0 spiro atoms. The van der Waals surface area contributed by atoms with Crippen LogP contribution in [0.2, 0.25) is 0 Å². The van der Waals surface area contributed by atoms with Crippen molar-refractivity contribution >= 4 is 0 Å². The lowest BCUT2D eigenvalue weighted by atomic mass is 9.87. The van der Waals surface area contributed by atoms with Crippen LogP contribution in [-0.4, -0.2) is 49.1 Å². The molecule has 1 atom stereocenters. The lowest BCUT2D eigenvalue weighted by Gasteiger charge is -2.49. The van der Waals surface area contributed by atoms with E-state index < -0.39 is 6.36 Å². The van der Waals surface area contributed by atoms with Gasteiger partial charge in [-0.1, -0.05) is 20.8 Å². The molecule has 1 N–H and O–H groups in total. The Kier molecular flexibility index (Phi) is 6.08. The molecule has 114 valence electrons. The van der Waals surface area contributed by atoms with Gasteiger partial charge in [0.1, 0.15) is 0 Å². The minimum atomic E-state index is -4.53. The van der Waals surface area contributed by atoms with E-state index in [0.29, 0.717) is 12.6 Å². The Balaban J connectivity index is 2.61. The third-order valence-corrected chi connectivity index (χ3v) is 4.27. The van der Waals surface area contributed by atoms with Crippen LogP contribution in [0.15, 0.2) is 0 Å². The minimum Gasteiger partial charge on any atom is -0.311 e. The number of nitrogens with zero attached hydrogens (tertiary/aromatic N) is 1. The number of nitrogens with one attached hydrogen (secondary N) is 1. The van der Waals surface area contributed by atoms with Crippen molar-refractivity contribution in [3.8, 4) is 0 Å². The van der Waals surface area contributed by atoms with Crippen LogP contribution in [0, 0.1) is 0 Å². The molecule has 1 heterocycles. The third kappa shape index (κ3) is 4.61. The Bertz CT molecular complexity index is 267. The summed E-state index contributed by atoms with van der Waals surface area (Å²) in [4.78, 5) is 2.17. The van der Waals surface area contributed by atoms with Crippen LogP contribution in [0.3, 0.4) is 0 Å². The number of hydrogen-bond donors (Lipinski definition) is 1. The maximum Gasteiger partial charge on any atom is 0.522 e. The quantitative estimate of drug-likeness (QED) is 0.810. The van der Waals surface area contributed by atoms with E-state index in [1.165, 1.54) is 0 Å². The predicted octanol–water partition coefficient (Wildman–Crippen LogP) is 2.77. The van der Waals surface area contributed by atoms with Crippen molar-refractivity contribution in [2.24, 2.45) is 0 Å². The Labute approximate surface area is 113 Å². The Morgan fingerprint density at radius 3 is 2.37 bits per heavy atom. The Morgan fingerprint density at radius 1 is 1.26 bits per heavy atom. The van der Waals surface area contributed by atoms with E-state index in [2.05, 4.69) is 35.7 Å². The second kappa shape index (κ2) is 6.90. The Morgan fingerprint density at radius 2 is 1.89 bits per heavy atom. The molecule has 0 amide bonds. The first-order chi connectivity index (χ1) is 8.87. The fraction of sp³-hybridized carbons (Fsp3) is 1.00. The van der Waals surface area contributed by atoms with Gasteiger partial charge in [-0.25, -0.2) is 0 Å². The van der Waals surface area contributed by atoms with Gasteiger partial charge in [-0.3, -0.25) is 9.64 Å². The van der Waals surface area contributed by atoms with Crippen LogP contribution in [0.4, 0.5) is 13.2 Å². The lowest BCUT2D eigenvalue weighted by molar-refractivity contribution is -0.325. The van der Waals surface area contributed by atoms with Crippen LogP contribution in [0.5, 0.6) is 0 Å². The molecule has 0 bridgehead atoms. The topological polar surface area (TPSA) is 24.5 Å². The maximum atomic E-state index is 12.1. The molecule has 0 aromatic heterocycles. The number of halogens is 3. The molecule has 3 nitrogen and oxygen atoms in total. The Hall–Kier alpha value is -0.330. The van der Waals surface area contributed by atoms with E-state index in [1.54, 1.807) is 0 Å². The van der Waals surface area contributed by atoms with E-state index in [4.69, 9.17) is 0 Å². The molecule has 0 aromatic rings. The van der Waals surface area contributed by atoms with E-state index in [-0.39, 0.29) is 12.1 Å². The highest BCUT2D eigenvalue weighted by Gasteiger charge is 2.38. The van der Waals surface area contributed by atoms with Crippen LogP contribution >= 0.6 is 0 Å². The molecule has 1 fully saturated rings. The third-order valence-electron chi connectivity index (χ3n) is 4.27. The fourth-order valence-corrected chi connectivity index (χ4v) is 2.79. The largest absolute Gasteiger partial charge is 0.522 e. The second-order valence-corrected chi connectivity index (χ2v) is 5.16. The van der Waals surface area contributed by atoms with Gasteiger partial charge in [0.15, 0.2) is 0 Å². The molecule has 1 rings (SSSR count). The number of piperazine rings is 1. The normalized spacial score (nSPS) is 24.6. The molecule has 0 radical (unpaired) electrons. The number of alkyl halides is 3. The van der Waals surface area contributed by atoms with Crippen LogP contribution in [-0.2, 0) is 4.74 Å². The zero-order valence-electron chi connectivity index (χ0n) is 12.0. The van der Waals surface area contributed by atoms with Crippen molar-refractivity contribution < 1.29 is 17.9 Å². The van der Waals surface area contributed by atoms with Crippen molar-refractivity contribution in [2.45, 2.75) is 58.0 Å². The monoisotopic (exact) mass is 282 g/mol. The van der Waals surface area contributed by atoms with Gasteiger partial charge < -0.3 is 5.32 Å². The highest BCUT2D eigenvalue weighted by atomic mass is 19.4. The molecule has 0 saturated carbocycles. The van der Waals surface area contributed by atoms with Gasteiger partial charge in [0.05, 0.1) is 6.61 Å². The first-order valence-corrected chi connectivity index (χ1v) is 7.06. The van der Waals surface area contributed by atoms with Gasteiger partial charge in [-0.05, 0) is 19.3 Å². The highest BCUT2D eigenvalue weighted by molar-refractivity contribution is 4.97. The maximum absolute atomic E-state index is 12.1. The summed E-state index contributed by atoms with van der Waals surface area (Å²) in [5.74, 6) is 0. The standard InChI is InChI=1S/C13H25F3N2O/c1-4-11-9-18(7-8-19-13(14,15)16)12(5-2,6-3)10-17-11/h11,17H,4-10H2,1-3H3. The SMILES string of the molecule is CCC1CN(CCOC(F)(F)F)C(CC)(CC)CN1. The molecule has 1 aliphatic rings. The summed E-state index contributed by atoms with van der Waals surface area (Å²) >= 11 is 0. The summed E-state index contributed by atoms with van der Waals surface area (Å²) in [6.45, 7) is 7.95. The van der Waals surface area contributed by atoms with Gasteiger partial charge in [-0.15, -0.1) is 13.2 Å². The molecule has 0 aromatic carbocycles. The number of hydrogen-bond acceptors (Lipinski definition) is 3. The van der Waals surface area contributed by atoms with E-state index in [0.717, 1.165) is 32.4 Å². The summed E-state index contributed by atoms with van der Waals surface area (Å²) in [5.41, 5.74) is -0.0410. The predicted molar refractivity (Wildman–Crippen MR) is 69.0 cm³/mol. The molecule has 0 aliphatic carbocycles. The smallest absolute Gasteiger partial charge is 0.311 e. The second-order valence-electron chi connectivity index (χ2n) is 5.16. The highest BCUT2D eigenvalue weighted by Crippen LogP contribution is 2.27. The molecule has 1 saturated heterocycles. The summed E-state index contributed by atoms with van der Waals surface area (Å²) < 4.78 is 40.1. The van der Waals surface area contributed by atoms with Crippen molar-refractivity contribution in [3.63, 3.8) is 0 Å². The minimum absolute atomic E-state index is 0.0410. The van der Waals surface area contributed by atoms with Gasteiger partial charge >= 0.3 is 6.36 Å². The molecule has 19 heavy (non-hydrogen) atoms. The summed E-state index contributed by atoms with van der Waals surface area (Å²) in [7, 11) is 0. The average Bonchev–Trinajstić information content (AvgIpc) is 2.37. The average molecular weight is 282 g/mol. The van der Waals surface area contributed by atoms with Crippen molar-refractivity contribution in [3.05, 3.63) is 0 Å². The molecular weight excluding hydrogens is 257 g/mol. The lowest BCUT2D eigenvalue weighted by Crippen LogP contribution is -2.64. The van der Waals surface area contributed by atoms with Crippen LogP contribution in [0.25, 0.3) is 0 Å². The van der Waals surface area contributed by atoms with Crippen LogP contribution in [0.1, 0.15) is 40.0 Å². The molecule has 1 unspecified atom stereocenters. The van der Waals surface area contributed by atoms with Crippen molar-refractivity contribution in [1.29, 1.82) is 0 Å². The summed E-state index contributed by atoms with van der Waals surface area (Å²) in [6, 6.07) is 0.358. The summed E-state index contributed by atoms with van der Waals surface area (Å²) in [6.07, 6.45) is -1.68. The first kappa shape index (κ1) is 16.7. The van der Waals surface area contributed by atoms with Crippen molar-refractivity contribution in [1.82, 2.24) is 10.2 Å². The zero-order valence-corrected chi connectivity index (χ0v) is 12.0. The van der Waals surface area contributed by atoms with Gasteiger partial charge in [0, 0.05) is 31.2 Å². The summed E-state index contributed by atoms with van der Waals surface area (Å²) in [5, 5.41) is 3.49. The molecule has 6 heteroatoms. The fourth-order valence-electron chi connectivity index (χ4n) is 2.79. The van der Waals surface area contributed by atoms with Crippen molar-refractivity contribution in [2.75, 3.05) is 26.2 Å². The van der Waals surface area contributed by atoms with Crippen LogP contribution < -0.4 is 5.32 Å². The van der Waals surface area contributed by atoms with E-state index in [9.17, 15) is 13.2 Å². The molecule has 1 aliphatic heterocycles. The van der Waals surface area contributed by atoms with E-state index >= 15 is 0 Å².